The van der Waals surface area contributed by atoms with Gasteiger partial charge in [-0.2, -0.15) is 5.10 Å². The van der Waals surface area contributed by atoms with Gasteiger partial charge in [0.05, 0.1) is 22.6 Å². The number of furan rings is 1. The molecule has 8 heteroatoms. The Labute approximate surface area is 171 Å². The van der Waals surface area contributed by atoms with Crippen molar-refractivity contribution in [1.82, 2.24) is 5.43 Å². The smallest absolute Gasteiger partial charge is 0.291 e. The van der Waals surface area contributed by atoms with Gasteiger partial charge in [-0.25, -0.2) is 5.43 Å². The molecule has 2 aromatic carbocycles. The monoisotopic (exact) mass is 415 g/mol. The minimum Gasteiger partial charge on any atom is -0.459 e. The van der Waals surface area contributed by atoms with E-state index in [4.69, 9.17) is 27.6 Å². The Bertz CT molecular complexity index is 1050. The van der Waals surface area contributed by atoms with E-state index in [0.717, 1.165) is 5.56 Å². The molecule has 6 nitrogen and oxygen atoms in total. The first kappa shape index (κ1) is 19.7. The molecule has 3 rings (SSSR count). The van der Waals surface area contributed by atoms with Gasteiger partial charge in [-0.15, -0.1) is 0 Å². The fourth-order valence-corrected chi connectivity index (χ4v) is 2.85. The Morgan fingerprint density at radius 3 is 2.54 bits per heavy atom. The Morgan fingerprint density at radius 1 is 1.00 bits per heavy atom. The van der Waals surface area contributed by atoms with Gasteiger partial charge >= 0.3 is 0 Å². The fourth-order valence-electron chi connectivity index (χ4n) is 2.36. The number of carbonyl (C=O) groups excluding carboxylic acids is 2. The van der Waals surface area contributed by atoms with Crippen LogP contribution in [0.4, 0.5) is 5.69 Å². The standard InChI is InChI=1S/C20H15Cl2N3O3/c1-12(24-25-19(26)16-8-7-14(21)11-17(16)22)13-4-2-5-15(10-13)23-20(27)18-6-3-9-28-18/h2-11H,1H3,(H,23,27)(H,25,26)/b24-12+. The van der Waals surface area contributed by atoms with Gasteiger partial charge in [-0.3, -0.25) is 9.59 Å². The number of amides is 2. The number of anilines is 1. The van der Waals surface area contributed by atoms with Crippen molar-refractivity contribution in [3.63, 3.8) is 0 Å². The Hall–Kier alpha value is -3.09. The lowest BCUT2D eigenvalue weighted by molar-refractivity contribution is 0.0953. The molecular formula is C20H15Cl2N3O3. The first-order valence-corrected chi connectivity index (χ1v) is 8.94. The number of hydrogen-bond donors (Lipinski definition) is 2. The molecule has 1 aromatic heterocycles. The molecule has 0 aliphatic carbocycles. The summed E-state index contributed by atoms with van der Waals surface area (Å²) in [6.45, 7) is 1.73. The van der Waals surface area contributed by atoms with Crippen LogP contribution in [0.15, 0.2) is 70.4 Å². The molecular weight excluding hydrogens is 401 g/mol. The van der Waals surface area contributed by atoms with Crippen molar-refractivity contribution in [2.75, 3.05) is 5.32 Å². The van der Waals surface area contributed by atoms with Crippen LogP contribution in [-0.4, -0.2) is 17.5 Å². The number of nitrogens with zero attached hydrogens (tertiary/aromatic N) is 1. The summed E-state index contributed by atoms with van der Waals surface area (Å²) in [4.78, 5) is 24.3. The zero-order valence-electron chi connectivity index (χ0n) is 14.7. The van der Waals surface area contributed by atoms with Gasteiger partial charge in [0, 0.05) is 10.7 Å². The van der Waals surface area contributed by atoms with Crippen molar-refractivity contribution in [3.05, 3.63) is 87.8 Å². The van der Waals surface area contributed by atoms with Crippen LogP contribution in [0, 0.1) is 0 Å². The van der Waals surface area contributed by atoms with E-state index < -0.39 is 5.91 Å². The first-order chi connectivity index (χ1) is 13.4. The van der Waals surface area contributed by atoms with E-state index in [1.807, 2.05) is 6.07 Å². The third-order valence-corrected chi connectivity index (χ3v) is 4.33. The van der Waals surface area contributed by atoms with Gasteiger partial charge in [-0.1, -0.05) is 35.3 Å². The molecule has 0 radical (unpaired) electrons. The van der Waals surface area contributed by atoms with E-state index in [2.05, 4.69) is 15.8 Å². The zero-order valence-corrected chi connectivity index (χ0v) is 16.2. The van der Waals surface area contributed by atoms with Crippen molar-refractivity contribution in [3.8, 4) is 0 Å². The molecule has 0 saturated carbocycles. The lowest BCUT2D eigenvalue weighted by Crippen LogP contribution is -2.19. The molecule has 0 spiro atoms. The predicted molar refractivity (Wildman–Crippen MR) is 109 cm³/mol. The largest absolute Gasteiger partial charge is 0.459 e. The summed E-state index contributed by atoms with van der Waals surface area (Å²) in [5, 5.41) is 7.51. The maximum Gasteiger partial charge on any atom is 0.291 e. The third kappa shape index (κ3) is 4.79. The van der Waals surface area contributed by atoms with Gasteiger partial charge in [0.25, 0.3) is 11.8 Å². The highest BCUT2D eigenvalue weighted by molar-refractivity contribution is 6.36. The molecule has 0 aliphatic heterocycles. The summed E-state index contributed by atoms with van der Waals surface area (Å²) < 4.78 is 5.07. The molecule has 2 amide bonds. The summed E-state index contributed by atoms with van der Waals surface area (Å²) in [7, 11) is 0. The van der Waals surface area contributed by atoms with Crippen LogP contribution in [0.3, 0.4) is 0 Å². The van der Waals surface area contributed by atoms with Gasteiger partial charge < -0.3 is 9.73 Å². The van der Waals surface area contributed by atoms with Crippen LogP contribution in [-0.2, 0) is 0 Å². The van der Waals surface area contributed by atoms with Crippen LogP contribution in [0.2, 0.25) is 10.0 Å². The number of rotatable bonds is 5. The van der Waals surface area contributed by atoms with Crippen molar-refractivity contribution in [1.29, 1.82) is 0 Å². The Morgan fingerprint density at radius 2 is 1.82 bits per heavy atom. The molecule has 0 fully saturated rings. The van der Waals surface area contributed by atoms with Gasteiger partial charge in [0.1, 0.15) is 0 Å². The van der Waals surface area contributed by atoms with Crippen LogP contribution in [0.1, 0.15) is 33.4 Å². The molecule has 0 saturated heterocycles. The summed E-state index contributed by atoms with van der Waals surface area (Å²) >= 11 is 11.9. The van der Waals surface area contributed by atoms with Crippen LogP contribution in [0.25, 0.3) is 0 Å². The van der Waals surface area contributed by atoms with Crippen molar-refractivity contribution < 1.29 is 14.0 Å². The average molecular weight is 416 g/mol. The molecule has 142 valence electrons. The van der Waals surface area contributed by atoms with Crippen LogP contribution >= 0.6 is 23.2 Å². The number of carbonyl (C=O) groups is 2. The van der Waals surface area contributed by atoms with E-state index in [9.17, 15) is 9.59 Å². The molecule has 0 aliphatic rings. The van der Waals surface area contributed by atoms with Crippen molar-refractivity contribution in [2.24, 2.45) is 5.10 Å². The second-order valence-electron chi connectivity index (χ2n) is 5.77. The molecule has 0 unspecified atom stereocenters. The SMILES string of the molecule is C/C(=N\NC(=O)c1ccc(Cl)cc1Cl)c1cccc(NC(=O)c2ccco2)c1. The van der Waals surface area contributed by atoms with E-state index in [-0.39, 0.29) is 22.3 Å². The van der Waals surface area contributed by atoms with E-state index >= 15 is 0 Å². The lowest BCUT2D eigenvalue weighted by Gasteiger charge is -2.07. The fraction of sp³-hybridized carbons (Fsp3) is 0.0500. The molecule has 0 atom stereocenters. The quantitative estimate of drug-likeness (QED) is 0.454. The number of hydrazone groups is 1. The summed E-state index contributed by atoms with van der Waals surface area (Å²) in [6.07, 6.45) is 1.43. The highest BCUT2D eigenvalue weighted by atomic mass is 35.5. The lowest BCUT2D eigenvalue weighted by atomic mass is 10.1. The molecule has 0 bridgehead atoms. The topological polar surface area (TPSA) is 83.7 Å². The van der Waals surface area contributed by atoms with Crippen LogP contribution < -0.4 is 10.7 Å². The number of hydrogen-bond acceptors (Lipinski definition) is 4. The number of nitrogens with one attached hydrogen (secondary N) is 2. The maximum absolute atomic E-state index is 12.2. The average Bonchev–Trinajstić information content (AvgIpc) is 3.21. The van der Waals surface area contributed by atoms with Gasteiger partial charge in [0.15, 0.2) is 5.76 Å². The first-order valence-electron chi connectivity index (χ1n) is 8.19. The normalized spacial score (nSPS) is 11.2. The molecule has 28 heavy (non-hydrogen) atoms. The molecule has 1 heterocycles. The van der Waals surface area contributed by atoms with Crippen molar-refractivity contribution >= 4 is 46.4 Å². The third-order valence-electron chi connectivity index (χ3n) is 3.78. The summed E-state index contributed by atoms with van der Waals surface area (Å²) in [5.41, 5.74) is 4.57. The van der Waals surface area contributed by atoms with Crippen LogP contribution in [0.5, 0.6) is 0 Å². The zero-order chi connectivity index (χ0) is 20.1. The number of halogens is 2. The summed E-state index contributed by atoms with van der Waals surface area (Å²) in [5.74, 6) is -0.603. The van der Waals surface area contributed by atoms with Gasteiger partial charge in [-0.05, 0) is 55.0 Å². The second-order valence-corrected chi connectivity index (χ2v) is 6.62. The Balaban J connectivity index is 1.70. The minimum absolute atomic E-state index is 0.211. The van der Waals surface area contributed by atoms with E-state index in [0.29, 0.717) is 16.4 Å². The Kier molecular flexibility index (Phi) is 6.13. The highest BCUT2D eigenvalue weighted by Gasteiger charge is 2.11. The maximum atomic E-state index is 12.2. The van der Waals surface area contributed by atoms with E-state index in [1.165, 1.54) is 18.4 Å². The molecule has 2 N–H and O–H groups in total. The van der Waals surface area contributed by atoms with E-state index in [1.54, 1.807) is 43.3 Å². The van der Waals surface area contributed by atoms with Gasteiger partial charge in [0.2, 0.25) is 0 Å². The van der Waals surface area contributed by atoms with Crippen molar-refractivity contribution in [2.45, 2.75) is 6.92 Å². The summed E-state index contributed by atoms with van der Waals surface area (Å²) in [6, 6.07) is 14.8. The molecule has 3 aromatic rings. The minimum atomic E-state index is -0.455. The number of benzene rings is 2. The highest BCUT2D eigenvalue weighted by Crippen LogP contribution is 2.21. The second kappa shape index (κ2) is 8.73. The predicted octanol–water partition coefficient (Wildman–Crippen LogP) is 4.99.